The van der Waals surface area contributed by atoms with Crippen LogP contribution in [-0.4, -0.2) is 37.2 Å². The molecule has 0 radical (unpaired) electrons. The van der Waals surface area contributed by atoms with Gasteiger partial charge in [-0.05, 0) is 135 Å². The third-order valence-corrected chi connectivity index (χ3v) is 13.7. The monoisotopic (exact) mass is 1080 g/mol. The summed E-state index contributed by atoms with van der Waals surface area (Å²) >= 11 is 0. The van der Waals surface area contributed by atoms with Crippen LogP contribution in [-0.2, 0) is 28.6 Å². The Balaban J connectivity index is 4.43. The zero-order valence-electron chi connectivity index (χ0n) is 50.9. The molecule has 0 bridgehead atoms. The summed E-state index contributed by atoms with van der Waals surface area (Å²) in [5.74, 6) is -0.926. The van der Waals surface area contributed by atoms with Gasteiger partial charge in [0.15, 0.2) is 6.10 Å². The van der Waals surface area contributed by atoms with Crippen LogP contribution < -0.4 is 0 Å². The van der Waals surface area contributed by atoms with Gasteiger partial charge in [0.25, 0.3) is 0 Å². The van der Waals surface area contributed by atoms with E-state index in [1.165, 1.54) is 109 Å². The number of rotatable bonds is 58. The largest absolute Gasteiger partial charge is 0.462 e. The van der Waals surface area contributed by atoms with Crippen molar-refractivity contribution in [3.8, 4) is 0 Å². The van der Waals surface area contributed by atoms with Crippen molar-refractivity contribution in [3.63, 3.8) is 0 Å². The summed E-state index contributed by atoms with van der Waals surface area (Å²) in [7, 11) is 0. The Morgan fingerprint density at radius 2 is 0.500 bits per heavy atom. The molecule has 0 spiro atoms. The van der Waals surface area contributed by atoms with Crippen LogP contribution in [0.3, 0.4) is 0 Å². The minimum atomic E-state index is -0.799. The lowest BCUT2D eigenvalue weighted by atomic mass is 10.1. The van der Waals surface area contributed by atoms with Crippen LogP contribution in [0.4, 0.5) is 0 Å². The van der Waals surface area contributed by atoms with Gasteiger partial charge in [-0.15, -0.1) is 0 Å². The molecule has 0 saturated heterocycles. The van der Waals surface area contributed by atoms with E-state index in [0.29, 0.717) is 19.3 Å². The van der Waals surface area contributed by atoms with Crippen molar-refractivity contribution >= 4 is 17.9 Å². The minimum Gasteiger partial charge on any atom is -0.462 e. The Labute approximate surface area is 482 Å². The Morgan fingerprint density at radius 1 is 0.269 bits per heavy atom. The average Bonchev–Trinajstić information content (AvgIpc) is 3.44. The van der Waals surface area contributed by atoms with Gasteiger partial charge in [0.05, 0.1) is 0 Å². The first-order chi connectivity index (χ1) is 38.5. The van der Waals surface area contributed by atoms with E-state index < -0.39 is 6.10 Å². The number of unbranched alkanes of at least 4 members (excludes halogenated alkanes) is 27. The van der Waals surface area contributed by atoms with Gasteiger partial charge in [0.1, 0.15) is 13.2 Å². The van der Waals surface area contributed by atoms with Gasteiger partial charge in [-0.3, -0.25) is 14.4 Å². The van der Waals surface area contributed by atoms with Crippen LogP contribution in [0, 0.1) is 0 Å². The third-order valence-electron chi connectivity index (χ3n) is 13.7. The molecule has 0 aromatic rings. The Bertz CT molecular complexity index is 1620. The fraction of sp³-hybridized carbons (Fsp3) is 0.681. The summed E-state index contributed by atoms with van der Waals surface area (Å²) in [6.07, 6.45) is 90.5. The smallest absolute Gasteiger partial charge is 0.306 e. The number of hydrogen-bond acceptors (Lipinski definition) is 6. The maximum Gasteiger partial charge on any atom is 0.306 e. The molecule has 0 N–H and O–H groups in total. The molecule has 0 heterocycles. The summed E-state index contributed by atoms with van der Waals surface area (Å²) in [5.41, 5.74) is 0. The van der Waals surface area contributed by atoms with E-state index >= 15 is 0 Å². The van der Waals surface area contributed by atoms with Crippen molar-refractivity contribution in [1.82, 2.24) is 0 Å². The predicted molar refractivity (Wildman–Crippen MR) is 339 cm³/mol. The Morgan fingerprint density at radius 3 is 0.808 bits per heavy atom. The van der Waals surface area contributed by atoms with Gasteiger partial charge in [-0.25, -0.2) is 0 Å². The third kappa shape index (κ3) is 62.7. The molecular weight excluding hydrogens is 961 g/mol. The molecule has 0 aromatic carbocycles. The van der Waals surface area contributed by atoms with E-state index in [1.54, 1.807) is 0 Å². The molecule has 0 aliphatic heterocycles. The highest BCUT2D eigenvalue weighted by Crippen LogP contribution is 2.15. The first-order valence-electron chi connectivity index (χ1n) is 32.5. The molecule has 1 unspecified atom stereocenters. The second kappa shape index (κ2) is 65.3. The molecule has 0 aliphatic rings. The first kappa shape index (κ1) is 73.8. The maximum atomic E-state index is 12.9. The van der Waals surface area contributed by atoms with E-state index in [-0.39, 0.29) is 31.1 Å². The molecule has 0 aromatic heterocycles. The predicted octanol–water partition coefficient (Wildman–Crippen LogP) is 22.4. The van der Waals surface area contributed by atoms with Crippen LogP contribution in [0.5, 0.6) is 0 Å². The van der Waals surface area contributed by atoms with Crippen molar-refractivity contribution in [1.29, 1.82) is 0 Å². The van der Waals surface area contributed by atoms with Crippen LogP contribution >= 0.6 is 0 Å². The van der Waals surface area contributed by atoms with Gasteiger partial charge < -0.3 is 14.2 Å². The van der Waals surface area contributed by atoms with Gasteiger partial charge >= 0.3 is 17.9 Å². The lowest BCUT2D eigenvalue weighted by molar-refractivity contribution is -0.167. The van der Waals surface area contributed by atoms with Gasteiger partial charge in [0, 0.05) is 19.3 Å². The molecule has 78 heavy (non-hydrogen) atoms. The van der Waals surface area contributed by atoms with Crippen LogP contribution in [0.1, 0.15) is 297 Å². The number of hydrogen-bond donors (Lipinski definition) is 0. The number of carbonyl (C=O) groups excluding carboxylic acids is 3. The summed E-state index contributed by atoms with van der Waals surface area (Å²) in [5, 5.41) is 0. The quantitative estimate of drug-likeness (QED) is 0.0261. The summed E-state index contributed by atoms with van der Waals surface area (Å²) in [6.45, 7) is 6.49. The van der Waals surface area contributed by atoms with E-state index in [4.69, 9.17) is 14.2 Å². The fourth-order valence-electron chi connectivity index (χ4n) is 8.80. The Kier molecular flexibility index (Phi) is 61.8. The van der Waals surface area contributed by atoms with Crippen LogP contribution in [0.15, 0.2) is 122 Å². The molecule has 0 rings (SSSR count). The van der Waals surface area contributed by atoms with E-state index in [1.807, 2.05) is 0 Å². The van der Waals surface area contributed by atoms with E-state index in [2.05, 4.69) is 142 Å². The number of esters is 3. The molecule has 6 heteroatoms. The summed E-state index contributed by atoms with van der Waals surface area (Å²) < 4.78 is 16.9. The van der Waals surface area contributed by atoms with Crippen molar-refractivity contribution in [2.24, 2.45) is 0 Å². The molecule has 6 nitrogen and oxygen atoms in total. The second-order valence-electron chi connectivity index (χ2n) is 21.3. The van der Waals surface area contributed by atoms with E-state index in [9.17, 15) is 14.4 Å². The molecule has 0 saturated carbocycles. The maximum absolute atomic E-state index is 12.9. The summed E-state index contributed by atoms with van der Waals surface area (Å²) in [6, 6.07) is 0. The van der Waals surface area contributed by atoms with Crippen molar-refractivity contribution < 1.29 is 28.6 Å². The molecule has 0 amide bonds. The normalized spacial score (nSPS) is 12.9. The lowest BCUT2D eigenvalue weighted by Gasteiger charge is -2.18. The first-order valence-corrected chi connectivity index (χ1v) is 32.5. The van der Waals surface area contributed by atoms with Crippen LogP contribution in [0.25, 0.3) is 0 Å². The average molecular weight is 1080 g/mol. The van der Waals surface area contributed by atoms with Gasteiger partial charge in [-0.2, -0.15) is 0 Å². The standard InChI is InChI=1S/C72H120O6/c1-4-7-10-13-16-19-22-25-28-31-32-33-34-35-36-37-38-39-40-42-44-47-50-53-56-59-62-65-71(74)77-68-69(67-76-70(73)64-61-58-55-52-49-46-43-30-27-24-21-18-15-12-9-6-3)78-72(75)66-63-60-57-54-51-48-45-41-29-26-23-20-17-14-11-8-5-2/h7,10,16,19,21,24-26,28-30,32-33,35-36,38-39,42-44,69H,4-6,8-9,11-15,17-18,20,22-23,27,31,34,37,40-41,45-68H2,1-3H3/b10-7-,19-16-,24-21-,28-25-,29-26-,33-32-,36-35-,39-38-,43-30-,44-42-. The highest BCUT2D eigenvalue weighted by Gasteiger charge is 2.19. The number of carbonyl (C=O) groups is 3. The fourth-order valence-corrected chi connectivity index (χ4v) is 8.80. The number of allylic oxidation sites excluding steroid dienone is 20. The second-order valence-corrected chi connectivity index (χ2v) is 21.3. The van der Waals surface area contributed by atoms with Crippen molar-refractivity contribution in [3.05, 3.63) is 122 Å². The minimum absolute atomic E-state index is 0.0949. The van der Waals surface area contributed by atoms with E-state index in [0.717, 1.165) is 148 Å². The van der Waals surface area contributed by atoms with Crippen molar-refractivity contribution in [2.45, 2.75) is 303 Å². The van der Waals surface area contributed by atoms with Gasteiger partial charge in [0.2, 0.25) is 0 Å². The topological polar surface area (TPSA) is 78.9 Å². The van der Waals surface area contributed by atoms with Gasteiger partial charge in [-0.1, -0.05) is 264 Å². The zero-order valence-corrected chi connectivity index (χ0v) is 50.9. The SMILES string of the molecule is CC/C=C\C/C=C\C/C=C\C/C=C\C/C=C\C/C=C\C/C=C\CCCCCCCC(=O)OCC(COC(=O)CCCCCCC/C=C\C/C=C\CCCCCC)OC(=O)CCCCCCCCC/C=C\CCCCCCCC. The zero-order chi connectivity index (χ0) is 56.4. The highest BCUT2D eigenvalue weighted by molar-refractivity contribution is 5.71. The molecule has 0 fully saturated rings. The summed E-state index contributed by atoms with van der Waals surface area (Å²) in [4.78, 5) is 38.3. The Hall–Kier alpha value is -4.19. The molecule has 1 atom stereocenters. The van der Waals surface area contributed by atoms with Crippen LogP contribution in [0.2, 0.25) is 0 Å². The molecular formula is C72H120O6. The van der Waals surface area contributed by atoms with Crippen molar-refractivity contribution in [2.75, 3.05) is 13.2 Å². The molecule has 0 aliphatic carbocycles. The number of ether oxygens (including phenoxy) is 3. The lowest BCUT2D eigenvalue weighted by Crippen LogP contribution is -2.30. The highest BCUT2D eigenvalue weighted by atomic mass is 16.6. The molecule has 444 valence electrons.